The fourth-order valence-corrected chi connectivity index (χ4v) is 2.87. The average molecular weight is 373 g/mol. The van der Waals surface area contributed by atoms with Crippen LogP contribution in [0.25, 0.3) is 10.9 Å². The molecule has 6 heteroatoms. The highest BCUT2D eigenvalue weighted by atomic mass is 16.6. The molecule has 1 aromatic heterocycles. The highest BCUT2D eigenvalue weighted by Gasteiger charge is 2.28. The molecule has 2 rings (SSSR count). The van der Waals surface area contributed by atoms with Crippen molar-refractivity contribution in [1.82, 2.24) is 15.6 Å². The van der Waals surface area contributed by atoms with Gasteiger partial charge in [0.25, 0.3) is 0 Å². The lowest BCUT2D eigenvalue weighted by Gasteiger charge is -2.26. The normalized spacial score (nSPS) is 13.9. The molecule has 0 saturated heterocycles. The van der Waals surface area contributed by atoms with Crippen LogP contribution in [0.5, 0.6) is 0 Å². The fraction of sp³-hybridized carbons (Fsp3) is 0.524. The monoisotopic (exact) mass is 373 g/mol. The molecule has 2 atom stereocenters. The summed E-state index contributed by atoms with van der Waals surface area (Å²) in [5, 5.41) is 6.76. The second kappa shape index (κ2) is 8.46. The molecule has 1 heterocycles. The predicted molar refractivity (Wildman–Crippen MR) is 107 cm³/mol. The van der Waals surface area contributed by atoms with Gasteiger partial charge in [-0.05, 0) is 62.8 Å². The number of rotatable bonds is 6. The maximum absolute atomic E-state index is 12.7. The van der Waals surface area contributed by atoms with Gasteiger partial charge in [0.15, 0.2) is 0 Å². The van der Waals surface area contributed by atoms with Gasteiger partial charge in [-0.2, -0.15) is 0 Å². The first kappa shape index (κ1) is 20.8. The molecule has 0 aliphatic rings. The summed E-state index contributed by atoms with van der Waals surface area (Å²) in [6.07, 6.45) is 0.190. The van der Waals surface area contributed by atoms with E-state index in [0.29, 0.717) is 6.54 Å². The van der Waals surface area contributed by atoms with Crippen LogP contribution in [0.4, 0.5) is 4.79 Å². The van der Waals surface area contributed by atoms with Crippen LogP contribution in [0, 0.1) is 12.8 Å². The van der Waals surface area contributed by atoms with E-state index in [0.717, 1.165) is 28.6 Å². The number of alkyl carbamates (subject to hydrolysis) is 1. The van der Waals surface area contributed by atoms with Crippen LogP contribution in [0.3, 0.4) is 0 Å². The van der Waals surface area contributed by atoms with Crippen LogP contribution in [-0.2, 0) is 16.1 Å². The first-order valence-corrected chi connectivity index (χ1v) is 9.44. The minimum Gasteiger partial charge on any atom is -0.444 e. The number of carbonyl (C=O) groups excluding carboxylic acids is 2. The molecule has 27 heavy (non-hydrogen) atoms. The van der Waals surface area contributed by atoms with Crippen LogP contribution in [0.2, 0.25) is 0 Å². The van der Waals surface area contributed by atoms with Gasteiger partial charge in [-0.15, -0.1) is 0 Å². The van der Waals surface area contributed by atoms with E-state index in [1.807, 2.05) is 32.9 Å². The zero-order chi connectivity index (χ0) is 20.2. The van der Waals surface area contributed by atoms with E-state index in [-0.39, 0.29) is 11.8 Å². The summed E-state index contributed by atoms with van der Waals surface area (Å²) >= 11 is 0. The number of benzene rings is 1. The SMILES string of the molecule is CCC(C)C(NC(=O)OC(C)(C)C)C(=O)NCc1ccc2[nH]c(C)cc2c1. The van der Waals surface area contributed by atoms with Gasteiger partial charge in [0, 0.05) is 17.8 Å². The molecule has 2 amide bonds. The Morgan fingerprint density at radius 3 is 2.56 bits per heavy atom. The van der Waals surface area contributed by atoms with E-state index in [1.54, 1.807) is 20.8 Å². The number of carbonyl (C=O) groups is 2. The van der Waals surface area contributed by atoms with Crippen molar-refractivity contribution in [3.8, 4) is 0 Å². The maximum Gasteiger partial charge on any atom is 0.408 e. The Bertz CT molecular complexity index is 805. The minimum atomic E-state index is -0.636. The second-order valence-corrected chi connectivity index (χ2v) is 8.10. The van der Waals surface area contributed by atoms with Crippen molar-refractivity contribution in [2.24, 2.45) is 5.92 Å². The number of fused-ring (bicyclic) bond motifs is 1. The molecular formula is C21H31N3O3. The summed E-state index contributed by atoms with van der Waals surface area (Å²) in [6.45, 7) is 11.7. The Labute approximate surface area is 161 Å². The molecule has 6 nitrogen and oxygen atoms in total. The van der Waals surface area contributed by atoms with Gasteiger partial charge in [-0.3, -0.25) is 4.79 Å². The zero-order valence-electron chi connectivity index (χ0n) is 17.1. The molecule has 0 spiro atoms. The van der Waals surface area contributed by atoms with Gasteiger partial charge in [0.2, 0.25) is 5.91 Å². The van der Waals surface area contributed by atoms with Gasteiger partial charge in [-0.25, -0.2) is 4.79 Å². The van der Waals surface area contributed by atoms with Crippen LogP contribution >= 0.6 is 0 Å². The molecule has 0 saturated carbocycles. The van der Waals surface area contributed by atoms with Gasteiger partial charge < -0.3 is 20.4 Å². The minimum absolute atomic E-state index is 0.00711. The number of aromatic amines is 1. The van der Waals surface area contributed by atoms with E-state index in [2.05, 4.69) is 27.8 Å². The van der Waals surface area contributed by atoms with E-state index >= 15 is 0 Å². The first-order valence-electron chi connectivity index (χ1n) is 9.44. The first-order chi connectivity index (χ1) is 12.6. The van der Waals surface area contributed by atoms with Gasteiger partial charge in [0.1, 0.15) is 11.6 Å². The average Bonchev–Trinajstić information content (AvgIpc) is 2.94. The smallest absolute Gasteiger partial charge is 0.408 e. The summed E-state index contributed by atoms with van der Waals surface area (Å²) in [5.41, 5.74) is 2.58. The molecule has 0 aliphatic carbocycles. The summed E-state index contributed by atoms with van der Waals surface area (Å²) in [5.74, 6) is -0.215. The topological polar surface area (TPSA) is 83.2 Å². The number of aromatic nitrogens is 1. The number of ether oxygens (including phenoxy) is 1. The third kappa shape index (κ3) is 6.01. The van der Waals surface area contributed by atoms with E-state index in [1.165, 1.54) is 0 Å². The summed E-state index contributed by atoms with van der Waals surface area (Å²) in [4.78, 5) is 28.1. The Morgan fingerprint density at radius 1 is 1.22 bits per heavy atom. The third-order valence-electron chi connectivity index (χ3n) is 4.45. The Morgan fingerprint density at radius 2 is 1.93 bits per heavy atom. The highest BCUT2D eigenvalue weighted by molar-refractivity contribution is 5.86. The Balaban J connectivity index is 2.02. The number of nitrogens with one attached hydrogen (secondary N) is 3. The lowest BCUT2D eigenvalue weighted by Crippen LogP contribution is -2.51. The largest absolute Gasteiger partial charge is 0.444 e. The molecule has 0 radical (unpaired) electrons. The van der Waals surface area contributed by atoms with Crippen molar-refractivity contribution in [2.75, 3.05) is 0 Å². The number of hydrogen-bond donors (Lipinski definition) is 3. The van der Waals surface area contributed by atoms with Gasteiger partial charge in [-0.1, -0.05) is 26.3 Å². The van der Waals surface area contributed by atoms with E-state index < -0.39 is 17.7 Å². The third-order valence-corrected chi connectivity index (χ3v) is 4.45. The van der Waals surface area contributed by atoms with Crippen molar-refractivity contribution in [2.45, 2.75) is 66.2 Å². The summed E-state index contributed by atoms with van der Waals surface area (Å²) < 4.78 is 5.29. The molecule has 1 aromatic carbocycles. The number of H-pyrrole nitrogens is 1. The number of hydrogen-bond acceptors (Lipinski definition) is 3. The van der Waals surface area contributed by atoms with E-state index in [4.69, 9.17) is 4.74 Å². The molecular weight excluding hydrogens is 342 g/mol. The van der Waals surface area contributed by atoms with Crippen LogP contribution < -0.4 is 10.6 Å². The fourth-order valence-electron chi connectivity index (χ4n) is 2.87. The summed E-state index contributed by atoms with van der Waals surface area (Å²) in [7, 11) is 0. The number of aryl methyl sites for hydroxylation is 1. The molecule has 2 unspecified atom stereocenters. The molecule has 2 aromatic rings. The Hall–Kier alpha value is -2.50. The predicted octanol–water partition coefficient (Wildman–Crippen LogP) is 4.03. The van der Waals surface area contributed by atoms with E-state index in [9.17, 15) is 9.59 Å². The number of amides is 2. The van der Waals surface area contributed by atoms with Crippen molar-refractivity contribution in [3.05, 3.63) is 35.5 Å². The Kier molecular flexibility index (Phi) is 6.52. The standard InChI is InChI=1S/C21H31N3O3/c1-7-13(2)18(24-20(26)27-21(4,5)6)19(25)22-12-15-8-9-17-16(11-15)10-14(3)23-17/h8-11,13,18,23H,7,12H2,1-6H3,(H,22,25)(H,24,26). The van der Waals surface area contributed by atoms with Gasteiger partial charge >= 0.3 is 6.09 Å². The van der Waals surface area contributed by atoms with Crippen LogP contribution in [0.1, 0.15) is 52.3 Å². The van der Waals surface area contributed by atoms with Crippen molar-refractivity contribution < 1.29 is 14.3 Å². The van der Waals surface area contributed by atoms with Crippen molar-refractivity contribution >= 4 is 22.9 Å². The maximum atomic E-state index is 12.7. The quantitative estimate of drug-likeness (QED) is 0.715. The van der Waals surface area contributed by atoms with Crippen molar-refractivity contribution in [3.63, 3.8) is 0 Å². The second-order valence-electron chi connectivity index (χ2n) is 8.10. The molecule has 148 valence electrons. The van der Waals surface area contributed by atoms with Gasteiger partial charge in [0.05, 0.1) is 0 Å². The van der Waals surface area contributed by atoms with Crippen LogP contribution in [-0.4, -0.2) is 28.6 Å². The summed E-state index contributed by atoms with van der Waals surface area (Å²) in [6, 6.07) is 7.49. The lowest BCUT2D eigenvalue weighted by molar-refractivity contribution is -0.124. The van der Waals surface area contributed by atoms with Crippen LogP contribution in [0.15, 0.2) is 24.3 Å². The molecule has 3 N–H and O–H groups in total. The lowest BCUT2D eigenvalue weighted by atomic mass is 9.98. The molecule has 0 bridgehead atoms. The molecule has 0 aliphatic heterocycles. The molecule has 0 fully saturated rings. The zero-order valence-corrected chi connectivity index (χ0v) is 17.1. The highest BCUT2D eigenvalue weighted by Crippen LogP contribution is 2.17. The van der Waals surface area contributed by atoms with Crippen molar-refractivity contribution in [1.29, 1.82) is 0 Å².